The Hall–Kier alpha value is -3.56. The lowest BCUT2D eigenvalue weighted by Crippen LogP contribution is -2.34. The fourth-order valence-corrected chi connectivity index (χ4v) is 4.39. The van der Waals surface area contributed by atoms with Crippen LogP contribution in [-0.2, 0) is 27.8 Å². The van der Waals surface area contributed by atoms with Crippen molar-refractivity contribution < 1.29 is 23.1 Å². The zero-order valence-corrected chi connectivity index (χ0v) is 18.2. The zero-order valence-electron chi connectivity index (χ0n) is 16.6. The molecule has 3 N–H and O–H groups in total. The van der Waals surface area contributed by atoms with Crippen molar-refractivity contribution in [2.45, 2.75) is 17.9 Å². The van der Waals surface area contributed by atoms with Gasteiger partial charge in [-0.15, -0.1) is 4.40 Å². The monoisotopic (exact) mass is 471 g/mol. The minimum atomic E-state index is -3.96. The normalized spacial score (nSPS) is 14.0. The number of hydrogen-bond donors (Lipinski definition) is 3. The van der Waals surface area contributed by atoms with E-state index in [1.165, 1.54) is 6.07 Å². The minimum absolute atomic E-state index is 0.00868. The van der Waals surface area contributed by atoms with Gasteiger partial charge in [0, 0.05) is 6.54 Å². The van der Waals surface area contributed by atoms with Crippen LogP contribution in [0.5, 0.6) is 11.5 Å². The zero-order chi connectivity index (χ0) is 22.7. The Labute approximate surface area is 189 Å². The number of para-hydroxylation sites is 2. The van der Waals surface area contributed by atoms with Crippen molar-refractivity contribution in [2.24, 2.45) is 4.40 Å². The summed E-state index contributed by atoms with van der Waals surface area (Å²) in [5.41, 5.74) is 1.75. The van der Waals surface area contributed by atoms with Crippen molar-refractivity contribution in [2.75, 3.05) is 5.32 Å². The Morgan fingerprint density at radius 1 is 1.00 bits per heavy atom. The number of benzene rings is 3. The largest absolute Gasteiger partial charge is 0.481 e. The van der Waals surface area contributed by atoms with Gasteiger partial charge in [0.15, 0.2) is 5.75 Å². The van der Waals surface area contributed by atoms with E-state index in [4.69, 9.17) is 21.4 Å². The summed E-state index contributed by atoms with van der Waals surface area (Å²) in [6.07, 6.45) is -0.0643. The van der Waals surface area contributed by atoms with E-state index in [0.29, 0.717) is 16.3 Å². The molecule has 32 heavy (non-hydrogen) atoms. The van der Waals surface area contributed by atoms with Crippen LogP contribution in [0.15, 0.2) is 76.0 Å². The molecule has 164 valence electrons. The maximum absolute atomic E-state index is 12.7. The van der Waals surface area contributed by atoms with E-state index in [1.807, 2.05) is 0 Å². The number of carbonyl (C=O) groups is 1. The van der Waals surface area contributed by atoms with Crippen molar-refractivity contribution in [3.63, 3.8) is 0 Å². The predicted molar refractivity (Wildman–Crippen MR) is 121 cm³/mol. The van der Waals surface area contributed by atoms with E-state index in [-0.39, 0.29) is 35.3 Å². The summed E-state index contributed by atoms with van der Waals surface area (Å²) in [6.45, 7) is 0.275. The first kappa shape index (κ1) is 21.7. The van der Waals surface area contributed by atoms with E-state index in [2.05, 4.69) is 15.0 Å². The summed E-state index contributed by atoms with van der Waals surface area (Å²) < 4.78 is 35.1. The molecule has 0 saturated heterocycles. The number of aliphatic carboxylic acids is 1. The van der Waals surface area contributed by atoms with Gasteiger partial charge >= 0.3 is 5.97 Å². The second-order valence-electron chi connectivity index (χ2n) is 6.94. The summed E-state index contributed by atoms with van der Waals surface area (Å²) >= 11 is 6.17. The molecule has 0 amide bonds. The van der Waals surface area contributed by atoms with Crippen molar-refractivity contribution in [1.29, 1.82) is 0 Å². The number of anilines is 1. The first-order valence-corrected chi connectivity index (χ1v) is 11.3. The highest BCUT2D eigenvalue weighted by Crippen LogP contribution is 2.39. The van der Waals surface area contributed by atoms with Crippen molar-refractivity contribution in [1.82, 2.24) is 5.32 Å². The van der Waals surface area contributed by atoms with Crippen LogP contribution in [0.3, 0.4) is 0 Å². The fourth-order valence-electron chi connectivity index (χ4n) is 3.10. The summed E-state index contributed by atoms with van der Waals surface area (Å²) in [7, 11) is -3.96. The number of nitrogens with zero attached hydrogens (tertiary/aromatic N) is 1. The maximum Gasteiger partial charge on any atom is 0.307 e. The van der Waals surface area contributed by atoms with Crippen molar-refractivity contribution >= 4 is 39.2 Å². The first-order chi connectivity index (χ1) is 15.3. The number of rotatable bonds is 6. The van der Waals surface area contributed by atoms with Gasteiger partial charge in [0.25, 0.3) is 10.0 Å². The summed E-state index contributed by atoms with van der Waals surface area (Å²) in [6, 6.07) is 18.5. The van der Waals surface area contributed by atoms with E-state index in [9.17, 15) is 13.2 Å². The molecule has 8 nitrogen and oxygen atoms in total. The fraction of sp³-hybridized carbons (Fsp3) is 0.0909. The van der Waals surface area contributed by atoms with Crippen LogP contribution in [0.25, 0.3) is 0 Å². The van der Waals surface area contributed by atoms with E-state index < -0.39 is 16.0 Å². The molecule has 3 aromatic carbocycles. The van der Waals surface area contributed by atoms with Gasteiger partial charge in [0.1, 0.15) is 16.3 Å². The highest BCUT2D eigenvalue weighted by molar-refractivity contribution is 7.90. The minimum Gasteiger partial charge on any atom is -0.481 e. The predicted octanol–water partition coefficient (Wildman–Crippen LogP) is 4.02. The molecule has 0 bridgehead atoms. The number of carboxylic acid groups (broad SMARTS) is 1. The molecular formula is C22H18ClN3O5S. The van der Waals surface area contributed by atoms with E-state index >= 15 is 0 Å². The highest BCUT2D eigenvalue weighted by atomic mass is 35.5. The highest BCUT2D eigenvalue weighted by Gasteiger charge is 2.28. The smallest absolute Gasteiger partial charge is 0.307 e. The molecule has 0 unspecified atom stereocenters. The lowest BCUT2D eigenvalue weighted by molar-refractivity contribution is -0.136. The van der Waals surface area contributed by atoms with E-state index in [0.717, 1.165) is 5.56 Å². The molecule has 0 aromatic heterocycles. The van der Waals surface area contributed by atoms with Crippen LogP contribution in [0.4, 0.5) is 5.69 Å². The van der Waals surface area contributed by atoms with E-state index in [1.54, 1.807) is 60.7 Å². The third-order valence-corrected chi connectivity index (χ3v) is 6.25. The second kappa shape index (κ2) is 8.89. The lowest BCUT2D eigenvalue weighted by Gasteiger charge is -2.22. The van der Waals surface area contributed by atoms with Crippen LogP contribution in [0.1, 0.15) is 11.1 Å². The molecule has 1 aliphatic rings. The Morgan fingerprint density at radius 3 is 2.41 bits per heavy atom. The average Bonchev–Trinajstić information content (AvgIpc) is 2.74. The van der Waals surface area contributed by atoms with Gasteiger partial charge in [-0.25, -0.2) is 0 Å². The quantitative estimate of drug-likeness (QED) is 0.497. The third kappa shape index (κ3) is 4.84. The number of hydrogen-bond acceptors (Lipinski definition) is 6. The Balaban J connectivity index is 1.54. The Kier molecular flexibility index (Phi) is 6.02. The summed E-state index contributed by atoms with van der Waals surface area (Å²) in [4.78, 5) is 10.8. The number of sulfonamides is 1. The molecule has 1 aliphatic heterocycles. The molecule has 10 heteroatoms. The third-order valence-electron chi connectivity index (χ3n) is 4.62. The number of nitrogens with one attached hydrogen (secondary N) is 2. The van der Waals surface area contributed by atoms with Gasteiger partial charge in [-0.1, -0.05) is 54.1 Å². The van der Waals surface area contributed by atoms with Crippen LogP contribution in [0.2, 0.25) is 5.02 Å². The molecule has 0 spiro atoms. The molecule has 0 saturated carbocycles. The Morgan fingerprint density at radius 2 is 1.69 bits per heavy atom. The molecule has 0 atom stereocenters. The molecule has 0 aliphatic carbocycles. The molecule has 0 radical (unpaired) electrons. The standard InChI is InChI=1S/C22H18ClN3O5S/c23-16-4-1-2-5-17(16)31-18-6-3-7-19-21(18)25-22(26-32(19,29)30)24-13-15-10-8-14(9-11-15)12-20(27)28/h1-11H,12-13H2,(H,27,28)(H2,24,25,26). The van der Waals surface area contributed by atoms with Gasteiger partial charge in [-0.2, -0.15) is 8.42 Å². The maximum atomic E-state index is 12.7. The molecular weight excluding hydrogens is 454 g/mol. The van der Waals surface area contributed by atoms with Gasteiger partial charge in [-0.3, -0.25) is 4.79 Å². The summed E-state index contributed by atoms with van der Waals surface area (Å²) in [5.74, 6) is -0.190. The second-order valence-corrected chi connectivity index (χ2v) is 8.92. The molecule has 3 aromatic rings. The van der Waals surface area contributed by atoms with Crippen LogP contribution < -0.4 is 15.4 Å². The summed E-state index contributed by atoms with van der Waals surface area (Å²) in [5, 5.41) is 15.2. The lowest BCUT2D eigenvalue weighted by atomic mass is 10.1. The van der Waals surface area contributed by atoms with Crippen molar-refractivity contribution in [3.05, 3.63) is 82.9 Å². The van der Waals surface area contributed by atoms with Gasteiger partial charge in [-0.05, 0) is 35.4 Å². The van der Waals surface area contributed by atoms with Gasteiger partial charge in [0.2, 0.25) is 5.96 Å². The van der Waals surface area contributed by atoms with Gasteiger partial charge < -0.3 is 20.5 Å². The van der Waals surface area contributed by atoms with Crippen LogP contribution in [0, 0.1) is 0 Å². The van der Waals surface area contributed by atoms with Gasteiger partial charge in [0.05, 0.1) is 11.4 Å². The first-order valence-electron chi connectivity index (χ1n) is 9.53. The molecule has 1 heterocycles. The number of ether oxygens (including phenoxy) is 1. The molecule has 0 fully saturated rings. The SMILES string of the molecule is O=C(O)Cc1ccc(CNC2=NS(=O)(=O)c3cccc(Oc4ccccc4Cl)c3N2)cc1. The number of carboxylic acids is 1. The van der Waals surface area contributed by atoms with Crippen LogP contribution in [-0.4, -0.2) is 25.5 Å². The number of fused-ring (bicyclic) bond motifs is 1. The number of guanidine groups is 1. The average molecular weight is 472 g/mol. The van der Waals surface area contributed by atoms with Crippen LogP contribution >= 0.6 is 11.6 Å². The molecule has 4 rings (SSSR count). The number of halogens is 1. The Bertz CT molecular complexity index is 1310. The topological polar surface area (TPSA) is 117 Å². The van der Waals surface area contributed by atoms with Crippen molar-refractivity contribution in [3.8, 4) is 11.5 Å².